The van der Waals surface area contributed by atoms with Gasteiger partial charge >= 0.3 is 0 Å². The van der Waals surface area contributed by atoms with Gasteiger partial charge in [0.05, 0.1) is 0 Å². The molecule has 2 aromatic carbocycles. The van der Waals surface area contributed by atoms with Crippen molar-refractivity contribution in [1.82, 2.24) is 4.90 Å². The van der Waals surface area contributed by atoms with E-state index in [0.717, 1.165) is 31.2 Å². The fourth-order valence-corrected chi connectivity index (χ4v) is 4.30. The van der Waals surface area contributed by atoms with Crippen molar-refractivity contribution >= 4 is 29.1 Å². The Morgan fingerprint density at radius 3 is 2.31 bits per heavy atom. The second-order valence-corrected chi connectivity index (χ2v) is 10.4. The van der Waals surface area contributed by atoms with Crippen LogP contribution in [0.1, 0.15) is 68.8 Å². The number of carbonyl (C=O) groups excluding carboxylic acids is 2. The average molecular weight is 456 g/mol. The fourth-order valence-electron chi connectivity index (χ4n) is 4.11. The smallest absolute Gasteiger partial charge is 0.255 e. The summed E-state index contributed by atoms with van der Waals surface area (Å²) in [6.45, 7) is 6.85. The molecule has 0 bridgehead atoms. The maximum absolute atomic E-state index is 13.2. The predicted octanol–water partition coefficient (Wildman–Crippen LogP) is 5.63. The average Bonchev–Trinajstić information content (AvgIpc) is 2.72. The maximum atomic E-state index is 13.2. The third-order valence-corrected chi connectivity index (χ3v) is 6.07. The minimum absolute atomic E-state index is 0.0606. The Hall–Kier alpha value is -2.37. The van der Waals surface area contributed by atoms with Crippen LogP contribution in [0.2, 0.25) is 5.02 Å². The number of halogens is 1. The van der Waals surface area contributed by atoms with Gasteiger partial charge in [0, 0.05) is 41.3 Å². The quantitative estimate of drug-likeness (QED) is 0.592. The van der Waals surface area contributed by atoms with Crippen molar-refractivity contribution in [3.05, 3.63) is 64.7 Å². The molecule has 6 heteroatoms. The molecular weight excluding hydrogens is 422 g/mol. The van der Waals surface area contributed by atoms with E-state index in [9.17, 15) is 9.59 Å². The van der Waals surface area contributed by atoms with E-state index < -0.39 is 0 Å². The lowest BCUT2D eigenvalue weighted by atomic mass is 9.88. The standard InChI is InChI=1S/C26H34ClN3O2/c1-26(2,3)16-24(31)30(23-13-9-21(28)10-14-23)17-18-7-11-22(12-8-18)29-25(32)19-5-4-6-20(27)15-19/h4-8,11-12,15,21,23H,9-10,13-14,16-17,28H2,1-3H3,(H,29,32). The van der Waals surface area contributed by atoms with Crippen molar-refractivity contribution in [2.45, 2.75) is 71.5 Å². The molecule has 0 unspecified atom stereocenters. The van der Waals surface area contributed by atoms with Crippen LogP contribution in [0, 0.1) is 5.41 Å². The summed E-state index contributed by atoms with van der Waals surface area (Å²) in [5.74, 6) is -0.0166. The van der Waals surface area contributed by atoms with E-state index in [1.807, 2.05) is 29.2 Å². The van der Waals surface area contributed by atoms with Gasteiger partial charge in [0.25, 0.3) is 5.91 Å². The lowest BCUT2D eigenvalue weighted by molar-refractivity contribution is -0.137. The summed E-state index contributed by atoms with van der Waals surface area (Å²) in [7, 11) is 0. The molecule has 0 aromatic heterocycles. The molecule has 0 radical (unpaired) electrons. The van der Waals surface area contributed by atoms with Gasteiger partial charge in [-0.3, -0.25) is 9.59 Å². The van der Waals surface area contributed by atoms with Crippen molar-refractivity contribution < 1.29 is 9.59 Å². The monoisotopic (exact) mass is 455 g/mol. The minimum atomic E-state index is -0.208. The highest BCUT2D eigenvalue weighted by atomic mass is 35.5. The predicted molar refractivity (Wildman–Crippen MR) is 131 cm³/mol. The van der Waals surface area contributed by atoms with Crippen molar-refractivity contribution in [2.75, 3.05) is 5.32 Å². The Bertz CT molecular complexity index is 929. The first-order valence-corrected chi connectivity index (χ1v) is 11.7. The van der Waals surface area contributed by atoms with Crippen molar-refractivity contribution in [1.29, 1.82) is 0 Å². The zero-order valence-corrected chi connectivity index (χ0v) is 20.0. The van der Waals surface area contributed by atoms with Crippen LogP contribution >= 0.6 is 11.6 Å². The maximum Gasteiger partial charge on any atom is 0.255 e. The van der Waals surface area contributed by atoms with Gasteiger partial charge in [-0.15, -0.1) is 0 Å². The zero-order chi connectivity index (χ0) is 23.3. The number of amides is 2. The van der Waals surface area contributed by atoms with Gasteiger partial charge in [-0.25, -0.2) is 0 Å². The molecule has 2 aromatic rings. The third-order valence-electron chi connectivity index (χ3n) is 5.84. The molecule has 32 heavy (non-hydrogen) atoms. The molecule has 1 fully saturated rings. The number of nitrogens with two attached hydrogens (primary N) is 1. The van der Waals surface area contributed by atoms with E-state index in [4.69, 9.17) is 17.3 Å². The highest BCUT2D eigenvalue weighted by Crippen LogP contribution is 2.28. The number of benzene rings is 2. The van der Waals surface area contributed by atoms with Crippen LogP contribution in [-0.4, -0.2) is 28.8 Å². The van der Waals surface area contributed by atoms with E-state index in [2.05, 4.69) is 26.1 Å². The SMILES string of the molecule is CC(C)(C)CC(=O)N(Cc1ccc(NC(=O)c2cccc(Cl)c2)cc1)C1CCC(N)CC1. The highest BCUT2D eigenvalue weighted by molar-refractivity contribution is 6.31. The number of carbonyl (C=O) groups is 2. The van der Waals surface area contributed by atoms with E-state index in [1.54, 1.807) is 24.3 Å². The summed E-state index contributed by atoms with van der Waals surface area (Å²) in [4.78, 5) is 27.7. The van der Waals surface area contributed by atoms with Gasteiger partial charge < -0.3 is 16.0 Å². The lowest BCUT2D eigenvalue weighted by Gasteiger charge is -2.37. The van der Waals surface area contributed by atoms with Crippen LogP contribution in [0.5, 0.6) is 0 Å². The lowest BCUT2D eigenvalue weighted by Crippen LogP contribution is -2.44. The fraction of sp³-hybridized carbons (Fsp3) is 0.462. The van der Waals surface area contributed by atoms with Gasteiger partial charge in [0.1, 0.15) is 0 Å². The molecule has 1 aliphatic rings. The molecule has 0 heterocycles. The van der Waals surface area contributed by atoms with Crippen LogP contribution in [0.25, 0.3) is 0 Å². The first-order valence-electron chi connectivity index (χ1n) is 11.3. The molecule has 1 saturated carbocycles. The molecule has 2 amide bonds. The summed E-state index contributed by atoms with van der Waals surface area (Å²) in [5, 5.41) is 3.42. The van der Waals surface area contributed by atoms with Crippen molar-refractivity contribution in [3.63, 3.8) is 0 Å². The second kappa shape index (κ2) is 10.5. The van der Waals surface area contributed by atoms with Gasteiger partial charge in [-0.1, -0.05) is 50.6 Å². The number of rotatable bonds is 6. The van der Waals surface area contributed by atoms with Crippen LogP contribution in [-0.2, 0) is 11.3 Å². The summed E-state index contributed by atoms with van der Waals surface area (Å²) < 4.78 is 0. The van der Waals surface area contributed by atoms with Crippen molar-refractivity contribution in [2.24, 2.45) is 11.1 Å². The number of hydrogen-bond donors (Lipinski definition) is 2. The summed E-state index contributed by atoms with van der Waals surface area (Å²) in [5.41, 5.74) is 8.29. The molecule has 3 rings (SSSR count). The molecule has 172 valence electrons. The minimum Gasteiger partial charge on any atom is -0.335 e. The number of nitrogens with one attached hydrogen (secondary N) is 1. The van der Waals surface area contributed by atoms with Gasteiger partial charge in [0.2, 0.25) is 5.91 Å². The second-order valence-electron chi connectivity index (χ2n) is 9.99. The number of nitrogens with zero attached hydrogens (tertiary/aromatic N) is 1. The summed E-state index contributed by atoms with van der Waals surface area (Å²) >= 11 is 5.98. The number of hydrogen-bond acceptors (Lipinski definition) is 3. The van der Waals surface area contributed by atoms with Gasteiger partial charge in [-0.05, 0) is 67.0 Å². The van der Waals surface area contributed by atoms with Gasteiger partial charge in [0.15, 0.2) is 0 Å². The first kappa shape index (κ1) is 24.3. The topological polar surface area (TPSA) is 75.4 Å². The molecule has 1 aliphatic carbocycles. The summed E-state index contributed by atoms with van der Waals surface area (Å²) in [6, 6.07) is 15.0. The Morgan fingerprint density at radius 1 is 1.06 bits per heavy atom. The Balaban J connectivity index is 1.69. The van der Waals surface area contributed by atoms with E-state index in [-0.39, 0.29) is 29.3 Å². The van der Waals surface area contributed by atoms with Crippen LogP contribution < -0.4 is 11.1 Å². The zero-order valence-electron chi connectivity index (χ0n) is 19.2. The van der Waals surface area contributed by atoms with Crippen LogP contribution in [0.15, 0.2) is 48.5 Å². The van der Waals surface area contributed by atoms with Gasteiger partial charge in [-0.2, -0.15) is 0 Å². The Kier molecular flexibility index (Phi) is 7.96. The Morgan fingerprint density at radius 2 is 1.72 bits per heavy atom. The molecule has 3 N–H and O–H groups in total. The number of anilines is 1. The van der Waals surface area contributed by atoms with E-state index in [1.165, 1.54) is 0 Å². The van der Waals surface area contributed by atoms with Crippen LogP contribution in [0.3, 0.4) is 0 Å². The molecule has 0 aliphatic heterocycles. The highest BCUT2D eigenvalue weighted by Gasteiger charge is 2.30. The normalized spacial score (nSPS) is 18.8. The van der Waals surface area contributed by atoms with Crippen LogP contribution in [0.4, 0.5) is 5.69 Å². The van der Waals surface area contributed by atoms with Crippen molar-refractivity contribution in [3.8, 4) is 0 Å². The summed E-state index contributed by atoms with van der Waals surface area (Å²) in [6.07, 6.45) is 4.33. The molecule has 0 spiro atoms. The first-order chi connectivity index (χ1) is 15.1. The molecular formula is C26H34ClN3O2. The van der Waals surface area contributed by atoms with E-state index in [0.29, 0.717) is 29.2 Å². The molecule has 0 atom stereocenters. The van der Waals surface area contributed by atoms with E-state index >= 15 is 0 Å². The molecule has 0 saturated heterocycles. The third kappa shape index (κ3) is 7.07. The largest absolute Gasteiger partial charge is 0.335 e. The Labute approximate surface area is 196 Å². The molecule has 5 nitrogen and oxygen atoms in total.